The number of rotatable bonds is 7. The Hall–Kier alpha value is -0.650. The number of carbonyl (C=O) groups is 1. The van der Waals surface area contributed by atoms with Crippen LogP contribution in [0.1, 0.15) is 25.7 Å². The van der Waals surface area contributed by atoms with Gasteiger partial charge in [0.25, 0.3) is 0 Å². The van der Waals surface area contributed by atoms with Crippen molar-refractivity contribution in [1.29, 1.82) is 0 Å². The van der Waals surface area contributed by atoms with Crippen LogP contribution >= 0.6 is 0 Å². The van der Waals surface area contributed by atoms with E-state index in [2.05, 4.69) is 5.32 Å². The molecule has 0 spiro atoms. The standard InChI is InChI=1S/C12H23NO4/c1-13-12(11(14)16-3)6-5-10(9-12)17-8-4-7-15-2/h10,13H,4-9H2,1-3H3. The summed E-state index contributed by atoms with van der Waals surface area (Å²) in [6.07, 6.45) is 3.37. The van der Waals surface area contributed by atoms with E-state index in [4.69, 9.17) is 14.2 Å². The molecule has 0 bridgehead atoms. The number of carbonyl (C=O) groups excluding carboxylic acids is 1. The Balaban J connectivity index is 2.36. The maximum atomic E-state index is 11.7. The third-order valence-electron chi connectivity index (χ3n) is 3.37. The van der Waals surface area contributed by atoms with Gasteiger partial charge >= 0.3 is 5.97 Å². The molecule has 0 saturated heterocycles. The molecule has 0 aromatic heterocycles. The highest BCUT2D eigenvalue weighted by Gasteiger charge is 2.45. The number of ether oxygens (including phenoxy) is 3. The first-order valence-electron chi connectivity index (χ1n) is 6.06. The highest BCUT2D eigenvalue weighted by Crippen LogP contribution is 2.32. The molecule has 1 rings (SSSR count). The van der Waals surface area contributed by atoms with E-state index < -0.39 is 5.54 Å². The van der Waals surface area contributed by atoms with Crippen LogP contribution in [0, 0.1) is 0 Å². The van der Waals surface area contributed by atoms with Crippen molar-refractivity contribution in [2.75, 3.05) is 34.5 Å². The Morgan fingerprint density at radius 2 is 2.18 bits per heavy atom. The van der Waals surface area contributed by atoms with Gasteiger partial charge in [-0.2, -0.15) is 0 Å². The van der Waals surface area contributed by atoms with Gasteiger partial charge in [0.15, 0.2) is 0 Å². The van der Waals surface area contributed by atoms with Gasteiger partial charge in [-0.05, 0) is 26.3 Å². The van der Waals surface area contributed by atoms with Crippen LogP contribution in [-0.4, -0.2) is 52.1 Å². The fourth-order valence-corrected chi connectivity index (χ4v) is 2.31. The van der Waals surface area contributed by atoms with Gasteiger partial charge in [-0.15, -0.1) is 0 Å². The van der Waals surface area contributed by atoms with Crippen molar-refractivity contribution in [2.24, 2.45) is 0 Å². The van der Waals surface area contributed by atoms with E-state index >= 15 is 0 Å². The van der Waals surface area contributed by atoms with Crippen LogP contribution in [0.5, 0.6) is 0 Å². The highest BCUT2D eigenvalue weighted by molar-refractivity contribution is 5.81. The Bertz CT molecular complexity index is 247. The second-order valence-electron chi connectivity index (χ2n) is 4.41. The van der Waals surface area contributed by atoms with Crippen molar-refractivity contribution in [3.05, 3.63) is 0 Å². The minimum absolute atomic E-state index is 0.137. The molecule has 1 saturated carbocycles. The summed E-state index contributed by atoms with van der Waals surface area (Å²) in [7, 11) is 4.90. The van der Waals surface area contributed by atoms with Gasteiger partial charge < -0.3 is 19.5 Å². The zero-order valence-corrected chi connectivity index (χ0v) is 11.0. The van der Waals surface area contributed by atoms with E-state index in [1.165, 1.54) is 7.11 Å². The molecule has 0 amide bonds. The van der Waals surface area contributed by atoms with E-state index in [1.54, 1.807) is 14.2 Å². The second-order valence-corrected chi connectivity index (χ2v) is 4.41. The predicted molar refractivity (Wildman–Crippen MR) is 63.9 cm³/mol. The number of likely N-dealkylation sites (N-methyl/N-ethyl adjacent to an activating group) is 1. The lowest BCUT2D eigenvalue weighted by molar-refractivity contribution is -0.148. The number of hydrogen-bond donors (Lipinski definition) is 1. The Morgan fingerprint density at radius 1 is 1.41 bits per heavy atom. The molecule has 1 aliphatic carbocycles. The van der Waals surface area contributed by atoms with Gasteiger partial charge in [0.05, 0.1) is 13.2 Å². The smallest absolute Gasteiger partial charge is 0.326 e. The first-order valence-corrected chi connectivity index (χ1v) is 6.06. The monoisotopic (exact) mass is 245 g/mol. The molecule has 100 valence electrons. The summed E-state index contributed by atoms with van der Waals surface area (Å²) >= 11 is 0. The Labute approximate surface area is 103 Å². The van der Waals surface area contributed by atoms with Gasteiger partial charge in [-0.3, -0.25) is 4.79 Å². The number of nitrogens with one attached hydrogen (secondary N) is 1. The topological polar surface area (TPSA) is 56.8 Å². The van der Waals surface area contributed by atoms with Crippen molar-refractivity contribution < 1.29 is 19.0 Å². The van der Waals surface area contributed by atoms with E-state index in [-0.39, 0.29) is 12.1 Å². The zero-order valence-electron chi connectivity index (χ0n) is 11.0. The van der Waals surface area contributed by atoms with Crippen LogP contribution in [0.2, 0.25) is 0 Å². The van der Waals surface area contributed by atoms with Gasteiger partial charge in [0.2, 0.25) is 0 Å². The minimum atomic E-state index is -0.555. The lowest BCUT2D eigenvalue weighted by atomic mass is 9.98. The number of esters is 1. The van der Waals surface area contributed by atoms with Gasteiger partial charge in [-0.1, -0.05) is 0 Å². The predicted octanol–water partition coefficient (Wildman–Crippen LogP) is 0.723. The van der Waals surface area contributed by atoms with Crippen LogP contribution in [-0.2, 0) is 19.0 Å². The lowest BCUT2D eigenvalue weighted by Crippen LogP contribution is -2.49. The molecule has 0 heterocycles. The van der Waals surface area contributed by atoms with Crippen LogP contribution in [0.25, 0.3) is 0 Å². The molecule has 0 aromatic rings. The van der Waals surface area contributed by atoms with Gasteiger partial charge in [0, 0.05) is 26.7 Å². The van der Waals surface area contributed by atoms with E-state index in [9.17, 15) is 4.79 Å². The van der Waals surface area contributed by atoms with Gasteiger partial charge in [0.1, 0.15) is 5.54 Å². The quantitative estimate of drug-likeness (QED) is 0.529. The summed E-state index contributed by atoms with van der Waals surface area (Å²) in [5.41, 5.74) is -0.555. The van der Waals surface area contributed by atoms with Crippen molar-refractivity contribution in [3.63, 3.8) is 0 Å². The second kappa shape index (κ2) is 6.93. The summed E-state index contributed by atoms with van der Waals surface area (Å²) in [6, 6.07) is 0. The average Bonchev–Trinajstić information content (AvgIpc) is 2.78. The molecule has 5 nitrogen and oxygen atoms in total. The van der Waals surface area contributed by atoms with Crippen LogP contribution in [0.3, 0.4) is 0 Å². The molecule has 1 fully saturated rings. The molecule has 2 atom stereocenters. The maximum absolute atomic E-state index is 11.7. The van der Waals surface area contributed by atoms with Crippen LogP contribution in [0.4, 0.5) is 0 Å². The van der Waals surface area contributed by atoms with Crippen molar-refractivity contribution in [3.8, 4) is 0 Å². The molecule has 0 radical (unpaired) electrons. The summed E-state index contributed by atoms with van der Waals surface area (Å²) in [5, 5.41) is 3.08. The molecule has 0 aliphatic heterocycles. The van der Waals surface area contributed by atoms with Crippen LogP contribution in [0.15, 0.2) is 0 Å². The lowest BCUT2D eigenvalue weighted by Gasteiger charge is -2.25. The summed E-state index contributed by atoms with van der Waals surface area (Å²) in [4.78, 5) is 11.7. The highest BCUT2D eigenvalue weighted by atomic mass is 16.5. The van der Waals surface area contributed by atoms with Crippen LogP contribution < -0.4 is 5.32 Å². The average molecular weight is 245 g/mol. The molecule has 0 aromatic carbocycles. The summed E-state index contributed by atoms with van der Waals surface area (Å²) in [5.74, 6) is -0.192. The zero-order chi connectivity index (χ0) is 12.7. The fourth-order valence-electron chi connectivity index (χ4n) is 2.31. The molecule has 1 N–H and O–H groups in total. The van der Waals surface area contributed by atoms with Crippen molar-refractivity contribution in [1.82, 2.24) is 5.32 Å². The molecular weight excluding hydrogens is 222 g/mol. The first-order chi connectivity index (χ1) is 8.18. The van der Waals surface area contributed by atoms with E-state index in [0.717, 1.165) is 19.3 Å². The van der Waals surface area contributed by atoms with Crippen molar-refractivity contribution in [2.45, 2.75) is 37.3 Å². The van der Waals surface area contributed by atoms with Crippen molar-refractivity contribution >= 4 is 5.97 Å². The first kappa shape index (κ1) is 14.4. The fraction of sp³-hybridized carbons (Fsp3) is 0.917. The van der Waals surface area contributed by atoms with Gasteiger partial charge in [-0.25, -0.2) is 0 Å². The largest absolute Gasteiger partial charge is 0.468 e. The normalized spacial score (nSPS) is 28.3. The van der Waals surface area contributed by atoms with E-state index in [1.807, 2.05) is 0 Å². The minimum Gasteiger partial charge on any atom is -0.468 e. The SMILES string of the molecule is CNC1(C(=O)OC)CCC(OCCCOC)C1. The molecule has 5 heteroatoms. The summed E-state index contributed by atoms with van der Waals surface area (Å²) < 4.78 is 15.5. The molecule has 2 unspecified atom stereocenters. The molecular formula is C12H23NO4. The molecule has 1 aliphatic rings. The third kappa shape index (κ3) is 3.66. The Kier molecular flexibility index (Phi) is 5.88. The molecule has 17 heavy (non-hydrogen) atoms. The third-order valence-corrected chi connectivity index (χ3v) is 3.37. The number of methoxy groups -OCH3 is 2. The van der Waals surface area contributed by atoms with E-state index in [0.29, 0.717) is 19.6 Å². The maximum Gasteiger partial charge on any atom is 0.326 e. The summed E-state index contributed by atoms with van der Waals surface area (Å²) in [6.45, 7) is 1.39. The Morgan fingerprint density at radius 3 is 2.76 bits per heavy atom. The number of hydrogen-bond acceptors (Lipinski definition) is 5.